The molecule has 1 fully saturated rings. The van der Waals surface area contributed by atoms with Gasteiger partial charge in [0, 0.05) is 4.88 Å². The Labute approximate surface area is 88.7 Å². The standard InChI is InChI=1S/C9H9BrO2S/c10-7-3-2-6(13-7)9(8(11)12)4-1-5-9/h2-3H,1,4-5H2,(H,11,12). The topological polar surface area (TPSA) is 37.3 Å². The van der Waals surface area contributed by atoms with Gasteiger partial charge >= 0.3 is 5.97 Å². The molecule has 0 radical (unpaired) electrons. The quantitative estimate of drug-likeness (QED) is 0.888. The third-order valence-corrected chi connectivity index (χ3v) is 4.49. The molecule has 1 N–H and O–H groups in total. The molecule has 13 heavy (non-hydrogen) atoms. The number of hydrogen-bond donors (Lipinski definition) is 1. The zero-order chi connectivity index (χ0) is 9.47. The van der Waals surface area contributed by atoms with Gasteiger partial charge in [-0.05, 0) is 40.9 Å². The van der Waals surface area contributed by atoms with Crippen LogP contribution in [0.5, 0.6) is 0 Å². The third kappa shape index (κ3) is 1.32. The van der Waals surface area contributed by atoms with Crippen LogP contribution in [0.4, 0.5) is 0 Å². The number of halogens is 1. The second kappa shape index (κ2) is 3.10. The van der Waals surface area contributed by atoms with E-state index in [2.05, 4.69) is 15.9 Å². The van der Waals surface area contributed by atoms with Crippen molar-refractivity contribution in [1.82, 2.24) is 0 Å². The smallest absolute Gasteiger partial charge is 0.314 e. The fourth-order valence-corrected chi connectivity index (χ4v) is 3.29. The summed E-state index contributed by atoms with van der Waals surface area (Å²) in [6.45, 7) is 0. The third-order valence-electron chi connectivity index (χ3n) is 2.66. The van der Waals surface area contributed by atoms with Crippen LogP contribution in [0.2, 0.25) is 0 Å². The Morgan fingerprint density at radius 3 is 2.54 bits per heavy atom. The van der Waals surface area contributed by atoms with Gasteiger partial charge in [-0.2, -0.15) is 0 Å². The van der Waals surface area contributed by atoms with E-state index < -0.39 is 11.4 Å². The molecule has 1 aliphatic carbocycles. The summed E-state index contributed by atoms with van der Waals surface area (Å²) in [7, 11) is 0. The van der Waals surface area contributed by atoms with Crippen LogP contribution >= 0.6 is 27.3 Å². The molecule has 1 saturated carbocycles. The average Bonchev–Trinajstić information content (AvgIpc) is 2.32. The van der Waals surface area contributed by atoms with Crippen molar-refractivity contribution in [2.75, 3.05) is 0 Å². The highest BCUT2D eigenvalue weighted by Gasteiger charge is 2.46. The molecule has 1 aromatic rings. The first-order valence-electron chi connectivity index (χ1n) is 4.14. The van der Waals surface area contributed by atoms with Gasteiger partial charge < -0.3 is 5.11 Å². The Morgan fingerprint density at radius 2 is 2.23 bits per heavy atom. The van der Waals surface area contributed by atoms with E-state index in [0.717, 1.165) is 27.9 Å². The van der Waals surface area contributed by atoms with Crippen LogP contribution in [0, 0.1) is 0 Å². The lowest BCUT2D eigenvalue weighted by Crippen LogP contribution is -2.41. The Kier molecular flexibility index (Phi) is 2.20. The largest absolute Gasteiger partial charge is 0.481 e. The molecule has 4 heteroatoms. The lowest BCUT2D eigenvalue weighted by atomic mass is 9.68. The van der Waals surface area contributed by atoms with Gasteiger partial charge in [-0.3, -0.25) is 4.79 Å². The van der Waals surface area contributed by atoms with Gasteiger partial charge in [-0.1, -0.05) is 6.42 Å². The summed E-state index contributed by atoms with van der Waals surface area (Å²) in [5.74, 6) is -0.673. The van der Waals surface area contributed by atoms with E-state index in [1.807, 2.05) is 12.1 Å². The van der Waals surface area contributed by atoms with Crippen LogP contribution in [0.1, 0.15) is 24.1 Å². The van der Waals surface area contributed by atoms with Gasteiger partial charge in [0.2, 0.25) is 0 Å². The Balaban J connectivity index is 2.37. The van der Waals surface area contributed by atoms with Crippen LogP contribution in [0.25, 0.3) is 0 Å². The molecule has 0 aromatic carbocycles. The summed E-state index contributed by atoms with van der Waals surface area (Å²) in [4.78, 5) is 12.1. The molecule has 0 amide bonds. The first-order valence-corrected chi connectivity index (χ1v) is 5.75. The highest BCUT2D eigenvalue weighted by atomic mass is 79.9. The molecule has 0 aliphatic heterocycles. The van der Waals surface area contributed by atoms with Crippen LogP contribution in [0.3, 0.4) is 0 Å². The maximum Gasteiger partial charge on any atom is 0.314 e. The van der Waals surface area contributed by atoms with Gasteiger partial charge in [0.25, 0.3) is 0 Å². The molecule has 1 aromatic heterocycles. The number of hydrogen-bond acceptors (Lipinski definition) is 2. The molecular weight excluding hydrogens is 252 g/mol. The Morgan fingerprint density at radius 1 is 1.54 bits per heavy atom. The predicted octanol–water partition coefficient (Wildman–Crippen LogP) is 3.02. The normalized spacial score (nSPS) is 19.5. The van der Waals surface area contributed by atoms with Crippen molar-refractivity contribution in [3.05, 3.63) is 20.8 Å². The number of carboxylic acids is 1. The second-order valence-corrected chi connectivity index (χ2v) is 5.81. The minimum Gasteiger partial charge on any atom is -0.481 e. The van der Waals surface area contributed by atoms with E-state index in [-0.39, 0.29) is 0 Å². The van der Waals surface area contributed by atoms with E-state index in [4.69, 9.17) is 5.11 Å². The van der Waals surface area contributed by atoms with E-state index in [1.165, 1.54) is 11.3 Å². The van der Waals surface area contributed by atoms with E-state index in [0.29, 0.717) is 0 Å². The fourth-order valence-electron chi connectivity index (χ4n) is 1.67. The van der Waals surface area contributed by atoms with Crippen molar-refractivity contribution >= 4 is 33.2 Å². The number of carbonyl (C=O) groups is 1. The molecule has 2 rings (SSSR count). The SMILES string of the molecule is O=C(O)C1(c2ccc(Br)s2)CCC1. The molecule has 0 unspecified atom stereocenters. The van der Waals surface area contributed by atoms with Crippen LogP contribution in [-0.2, 0) is 10.2 Å². The van der Waals surface area contributed by atoms with Crippen molar-refractivity contribution in [2.45, 2.75) is 24.7 Å². The lowest BCUT2D eigenvalue weighted by Gasteiger charge is -2.36. The maximum atomic E-state index is 11.1. The number of thiophene rings is 1. The number of rotatable bonds is 2. The molecule has 0 spiro atoms. The summed E-state index contributed by atoms with van der Waals surface area (Å²) in [6, 6.07) is 3.84. The first-order chi connectivity index (χ1) is 6.15. The highest BCUT2D eigenvalue weighted by Crippen LogP contribution is 2.47. The van der Waals surface area contributed by atoms with E-state index >= 15 is 0 Å². The van der Waals surface area contributed by atoms with Crippen molar-refractivity contribution in [3.63, 3.8) is 0 Å². The average molecular weight is 261 g/mol. The molecule has 2 nitrogen and oxygen atoms in total. The molecule has 0 bridgehead atoms. The summed E-state index contributed by atoms with van der Waals surface area (Å²) in [5, 5.41) is 9.14. The second-order valence-electron chi connectivity index (χ2n) is 3.34. The minimum absolute atomic E-state index is 0.559. The van der Waals surface area contributed by atoms with Gasteiger partial charge in [0.1, 0.15) is 5.41 Å². The Hall–Kier alpha value is -0.350. The zero-order valence-corrected chi connectivity index (χ0v) is 9.32. The monoisotopic (exact) mass is 260 g/mol. The maximum absolute atomic E-state index is 11.1. The summed E-state index contributed by atoms with van der Waals surface area (Å²) >= 11 is 4.89. The van der Waals surface area contributed by atoms with Crippen molar-refractivity contribution in [1.29, 1.82) is 0 Å². The summed E-state index contributed by atoms with van der Waals surface area (Å²) in [6.07, 6.45) is 2.60. The summed E-state index contributed by atoms with van der Waals surface area (Å²) < 4.78 is 1.01. The molecular formula is C9H9BrO2S. The number of carboxylic acid groups (broad SMARTS) is 1. The molecule has 1 aliphatic rings. The van der Waals surface area contributed by atoms with E-state index in [9.17, 15) is 4.79 Å². The molecule has 1 heterocycles. The predicted molar refractivity (Wildman–Crippen MR) is 55.2 cm³/mol. The molecule has 0 atom stereocenters. The van der Waals surface area contributed by atoms with Crippen LogP contribution < -0.4 is 0 Å². The fraction of sp³-hybridized carbons (Fsp3) is 0.444. The van der Waals surface area contributed by atoms with Gasteiger partial charge in [0.15, 0.2) is 0 Å². The van der Waals surface area contributed by atoms with Crippen LogP contribution in [-0.4, -0.2) is 11.1 Å². The lowest BCUT2D eigenvalue weighted by molar-refractivity contribution is -0.147. The zero-order valence-electron chi connectivity index (χ0n) is 6.92. The van der Waals surface area contributed by atoms with Gasteiger partial charge in [0.05, 0.1) is 3.79 Å². The highest BCUT2D eigenvalue weighted by molar-refractivity contribution is 9.11. The van der Waals surface area contributed by atoms with E-state index in [1.54, 1.807) is 0 Å². The minimum atomic E-state index is -0.673. The molecule has 70 valence electrons. The Bertz CT molecular complexity index is 341. The van der Waals surface area contributed by atoms with Gasteiger partial charge in [-0.15, -0.1) is 11.3 Å². The summed E-state index contributed by atoms with van der Waals surface area (Å²) in [5.41, 5.74) is -0.559. The van der Waals surface area contributed by atoms with Crippen LogP contribution in [0.15, 0.2) is 15.9 Å². The van der Waals surface area contributed by atoms with Crippen molar-refractivity contribution in [3.8, 4) is 0 Å². The van der Waals surface area contributed by atoms with Crippen molar-refractivity contribution in [2.24, 2.45) is 0 Å². The molecule has 0 saturated heterocycles. The number of aliphatic carboxylic acids is 1. The van der Waals surface area contributed by atoms with Crippen molar-refractivity contribution < 1.29 is 9.90 Å². The van der Waals surface area contributed by atoms with Gasteiger partial charge in [-0.25, -0.2) is 0 Å². The first kappa shape index (κ1) is 9.21.